The molecule has 2 aliphatic heterocycles. The van der Waals surface area contributed by atoms with Gasteiger partial charge in [-0.25, -0.2) is 18.1 Å². The fraction of sp³-hybridized carbons (Fsp3) is 0.429. The number of sulfonamides is 1. The highest BCUT2D eigenvalue weighted by molar-refractivity contribution is 7.98. The first-order valence-electron chi connectivity index (χ1n) is 10.2. The fourth-order valence-electron chi connectivity index (χ4n) is 3.73. The molecule has 1 N–H and O–H groups in total. The molecule has 31 heavy (non-hydrogen) atoms. The molecule has 2 aromatic rings. The van der Waals surface area contributed by atoms with Gasteiger partial charge in [-0.2, -0.15) is 0 Å². The standard InChI is InChI=1S/C21H25N3O5S2/c1-30-20-17(3-2-8-22-20)21(25)24-9-6-15(7-10-24)14-23-31(26,27)16-4-5-18-19(13-16)29-12-11-28-18/h2-5,8,13,15,23H,6-7,9-12,14H2,1H3. The molecule has 0 aliphatic carbocycles. The summed E-state index contributed by atoms with van der Waals surface area (Å²) in [4.78, 5) is 19.1. The van der Waals surface area contributed by atoms with Crippen molar-refractivity contribution in [3.63, 3.8) is 0 Å². The number of benzene rings is 1. The molecule has 4 rings (SSSR count). The van der Waals surface area contributed by atoms with Crippen LogP contribution in [-0.4, -0.2) is 63.3 Å². The van der Waals surface area contributed by atoms with Gasteiger partial charge in [0, 0.05) is 31.9 Å². The minimum absolute atomic E-state index is 0.0206. The number of piperidine rings is 1. The third-order valence-electron chi connectivity index (χ3n) is 5.48. The molecule has 0 atom stereocenters. The lowest BCUT2D eigenvalue weighted by atomic mass is 9.97. The molecule has 1 aromatic carbocycles. The van der Waals surface area contributed by atoms with Crippen molar-refractivity contribution in [2.24, 2.45) is 5.92 Å². The SMILES string of the molecule is CSc1ncccc1C(=O)N1CCC(CNS(=O)(=O)c2ccc3c(c2)OCCO3)CC1. The van der Waals surface area contributed by atoms with Crippen molar-refractivity contribution < 1.29 is 22.7 Å². The van der Waals surface area contributed by atoms with E-state index in [1.54, 1.807) is 24.4 Å². The number of pyridine rings is 1. The van der Waals surface area contributed by atoms with E-state index in [2.05, 4.69) is 9.71 Å². The van der Waals surface area contributed by atoms with Crippen LogP contribution in [0.1, 0.15) is 23.2 Å². The summed E-state index contributed by atoms with van der Waals surface area (Å²) >= 11 is 1.45. The maximum Gasteiger partial charge on any atom is 0.256 e. The van der Waals surface area contributed by atoms with Crippen LogP contribution in [0.15, 0.2) is 46.5 Å². The van der Waals surface area contributed by atoms with E-state index in [1.165, 1.54) is 23.9 Å². The molecule has 166 valence electrons. The zero-order valence-corrected chi connectivity index (χ0v) is 18.9. The molecule has 1 fully saturated rings. The Morgan fingerprint density at radius 3 is 2.68 bits per heavy atom. The number of rotatable bonds is 6. The Morgan fingerprint density at radius 2 is 1.94 bits per heavy atom. The van der Waals surface area contributed by atoms with Crippen molar-refractivity contribution in [2.45, 2.75) is 22.8 Å². The topological polar surface area (TPSA) is 97.8 Å². The van der Waals surface area contributed by atoms with Gasteiger partial charge in [-0.1, -0.05) is 0 Å². The number of ether oxygens (including phenoxy) is 2. The number of nitrogens with zero attached hydrogens (tertiary/aromatic N) is 2. The first-order chi connectivity index (χ1) is 15.0. The van der Waals surface area contributed by atoms with Crippen LogP contribution < -0.4 is 14.2 Å². The summed E-state index contributed by atoms with van der Waals surface area (Å²) in [5.74, 6) is 1.15. The molecule has 0 radical (unpaired) electrons. The van der Waals surface area contributed by atoms with Crippen LogP contribution >= 0.6 is 11.8 Å². The normalized spacial score (nSPS) is 16.9. The minimum atomic E-state index is -3.65. The molecule has 10 heteroatoms. The van der Waals surface area contributed by atoms with Gasteiger partial charge in [-0.3, -0.25) is 4.79 Å². The Hall–Kier alpha value is -2.30. The van der Waals surface area contributed by atoms with Gasteiger partial charge in [-0.15, -0.1) is 11.8 Å². The number of hydrogen-bond donors (Lipinski definition) is 1. The molecule has 8 nitrogen and oxygen atoms in total. The van der Waals surface area contributed by atoms with Crippen molar-refractivity contribution in [1.82, 2.24) is 14.6 Å². The smallest absolute Gasteiger partial charge is 0.256 e. The maximum absolute atomic E-state index is 12.8. The van der Waals surface area contributed by atoms with Crippen LogP contribution in [0.5, 0.6) is 11.5 Å². The Balaban J connectivity index is 1.32. The Kier molecular flexibility index (Phi) is 6.68. The van der Waals surface area contributed by atoms with Crippen LogP contribution in [0, 0.1) is 5.92 Å². The molecule has 1 saturated heterocycles. The van der Waals surface area contributed by atoms with Crippen molar-refractivity contribution in [2.75, 3.05) is 39.1 Å². The Bertz CT molecular complexity index is 1050. The van der Waals surface area contributed by atoms with Gasteiger partial charge < -0.3 is 14.4 Å². The van der Waals surface area contributed by atoms with Crippen LogP contribution in [0.25, 0.3) is 0 Å². The zero-order valence-electron chi connectivity index (χ0n) is 17.2. The van der Waals surface area contributed by atoms with E-state index in [-0.39, 0.29) is 16.7 Å². The van der Waals surface area contributed by atoms with E-state index in [0.717, 1.165) is 17.9 Å². The van der Waals surface area contributed by atoms with Gasteiger partial charge in [0.2, 0.25) is 10.0 Å². The van der Waals surface area contributed by atoms with Crippen LogP contribution in [-0.2, 0) is 10.0 Å². The second-order valence-corrected chi connectivity index (χ2v) is 10.0. The summed E-state index contributed by atoms with van der Waals surface area (Å²) in [5, 5.41) is 0.724. The number of carbonyl (C=O) groups excluding carboxylic acids is 1. The van der Waals surface area contributed by atoms with Crippen molar-refractivity contribution >= 4 is 27.7 Å². The molecule has 3 heterocycles. The van der Waals surface area contributed by atoms with Crippen molar-refractivity contribution in [3.05, 3.63) is 42.1 Å². The largest absolute Gasteiger partial charge is 0.486 e. The van der Waals surface area contributed by atoms with Gasteiger partial charge in [-0.05, 0) is 49.3 Å². The first-order valence-corrected chi connectivity index (χ1v) is 12.9. The lowest BCUT2D eigenvalue weighted by Crippen LogP contribution is -2.41. The van der Waals surface area contributed by atoms with Crippen molar-refractivity contribution in [3.8, 4) is 11.5 Å². The van der Waals surface area contributed by atoms with E-state index in [9.17, 15) is 13.2 Å². The summed E-state index contributed by atoms with van der Waals surface area (Å²) in [7, 11) is -3.65. The van der Waals surface area contributed by atoms with Crippen molar-refractivity contribution in [1.29, 1.82) is 0 Å². The number of amides is 1. The van der Waals surface area contributed by atoms with Crippen LogP contribution in [0.4, 0.5) is 0 Å². The Labute approximate surface area is 186 Å². The van der Waals surface area contributed by atoms with E-state index < -0.39 is 10.0 Å². The second kappa shape index (κ2) is 9.46. The third kappa shape index (κ3) is 4.97. The number of likely N-dealkylation sites (tertiary alicyclic amines) is 1. The van der Waals surface area contributed by atoms with E-state index in [1.807, 2.05) is 11.2 Å². The van der Waals surface area contributed by atoms with Gasteiger partial charge in [0.25, 0.3) is 5.91 Å². The zero-order chi connectivity index (χ0) is 21.8. The van der Waals surface area contributed by atoms with E-state index >= 15 is 0 Å². The van der Waals surface area contributed by atoms with Crippen LogP contribution in [0.3, 0.4) is 0 Å². The molecule has 1 amide bonds. The number of hydrogen-bond acceptors (Lipinski definition) is 7. The number of carbonyl (C=O) groups is 1. The predicted molar refractivity (Wildman–Crippen MR) is 117 cm³/mol. The highest BCUT2D eigenvalue weighted by Crippen LogP contribution is 2.32. The molecule has 2 aliphatic rings. The van der Waals surface area contributed by atoms with Gasteiger partial charge in [0.05, 0.1) is 10.5 Å². The monoisotopic (exact) mass is 463 g/mol. The summed E-state index contributed by atoms with van der Waals surface area (Å²) < 4.78 is 39.0. The molecule has 0 saturated carbocycles. The average Bonchev–Trinajstić information content (AvgIpc) is 2.82. The molecule has 1 aromatic heterocycles. The summed E-state index contributed by atoms with van der Waals surface area (Å²) in [6.45, 7) is 2.38. The third-order valence-corrected chi connectivity index (χ3v) is 7.62. The van der Waals surface area contributed by atoms with Gasteiger partial charge in [0.1, 0.15) is 18.2 Å². The summed E-state index contributed by atoms with van der Waals surface area (Å²) in [5.41, 5.74) is 0.618. The number of thioether (sulfide) groups is 1. The maximum atomic E-state index is 12.8. The predicted octanol–water partition coefficient (Wildman–Crippen LogP) is 2.41. The highest BCUT2D eigenvalue weighted by Gasteiger charge is 2.27. The molecule has 0 unspecified atom stereocenters. The lowest BCUT2D eigenvalue weighted by Gasteiger charge is -2.32. The summed E-state index contributed by atoms with van der Waals surface area (Å²) in [6, 6.07) is 8.21. The number of nitrogens with one attached hydrogen (secondary N) is 1. The lowest BCUT2D eigenvalue weighted by molar-refractivity contribution is 0.0687. The van der Waals surface area contributed by atoms with E-state index in [4.69, 9.17) is 9.47 Å². The Morgan fingerprint density at radius 1 is 1.19 bits per heavy atom. The molecular formula is C21H25N3O5S2. The van der Waals surface area contributed by atoms with Crippen LogP contribution in [0.2, 0.25) is 0 Å². The minimum Gasteiger partial charge on any atom is -0.486 e. The first kappa shape index (κ1) is 21.9. The number of fused-ring (bicyclic) bond motifs is 1. The van der Waals surface area contributed by atoms with Gasteiger partial charge >= 0.3 is 0 Å². The van der Waals surface area contributed by atoms with Gasteiger partial charge in [0.15, 0.2) is 11.5 Å². The molecule has 0 spiro atoms. The quantitative estimate of drug-likeness (QED) is 0.657. The van der Waals surface area contributed by atoms with E-state index in [0.29, 0.717) is 49.9 Å². The molecule has 0 bridgehead atoms. The number of aromatic nitrogens is 1. The average molecular weight is 464 g/mol. The molecular weight excluding hydrogens is 438 g/mol. The summed E-state index contributed by atoms with van der Waals surface area (Å²) in [6.07, 6.45) is 5.07. The highest BCUT2D eigenvalue weighted by atomic mass is 32.2. The second-order valence-electron chi connectivity index (χ2n) is 7.45. The fourth-order valence-corrected chi connectivity index (χ4v) is 5.40.